The highest BCUT2D eigenvalue weighted by Crippen LogP contribution is 2.11. The molecule has 1 heterocycles. The van der Waals surface area contributed by atoms with Crippen LogP contribution < -0.4 is 16.2 Å². The Kier molecular flexibility index (Phi) is 7.72. The molecule has 0 aliphatic rings. The molecular weight excluding hydrogens is 368 g/mol. The third-order valence-corrected chi connectivity index (χ3v) is 4.61. The van der Waals surface area contributed by atoms with Gasteiger partial charge in [-0.1, -0.05) is 19.8 Å². The average molecular weight is 394 g/mol. The number of rotatable bonds is 8. The zero-order valence-corrected chi connectivity index (χ0v) is 17.0. The first-order chi connectivity index (χ1) is 13.9. The molecular formula is C22H26N4O3. The number of unbranched alkanes of at least 4 members (excludes halogenated alkanes) is 2. The number of aryl methyl sites for hydroxylation is 2. The minimum atomic E-state index is -0.477. The van der Waals surface area contributed by atoms with E-state index in [2.05, 4.69) is 17.6 Å². The second kappa shape index (κ2) is 10.2. The van der Waals surface area contributed by atoms with Crippen LogP contribution >= 0.6 is 0 Å². The number of hydrogen-bond acceptors (Lipinski definition) is 4. The number of nitrogens with zero attached hydrogens (tertiary/aromatic N) is 2. The molecule has 7 heteroatoms. The summed E-state index contributed by atoms with van der Waals surface area (Å²) >= 11 is 0. The van der Waals surface area contributed by atoms with Crippen LogP contribution in [0.1, 0.15) is 53.4 Å². The molecule has 2 amide bonds. The van der Waals surface area contributed by atoms with E-state index < -0.39 is 5.56 Å². The fourth-order valence-electron chi connectivity index (χ4n) is 2.99. The van der Waals surface area contributed by atoms with E-state index in [0.717, 1.165) is 19.3 Å². The van der Waals surface area contributed by atoms with E-state index in [-0.39, 0.29) is 23.9 Å². The standard InChI is InChI=1S/C22H26N4O3/c1-4-5-6-11-24-21(28)17-7-9-18(10-8-17)25-20(27)14-26-16(3)12-15(2)19(13-23)22(26)29/h7-10,12H,4-6,11,14H2,1-3H3,(H,24,28)(H,25,27). The third kappa shape index (κ3) is 5.79. The highest BCUT2D eigenvalue weighted by atomic mass is 16.2. The summed E-state index contributed by atoms with van der Waals surface area (Å²) in [5, 5.41) is 14.7. The van der Waals surface area contributed by atoms with Crippen LogP contribution in [0.2, 0.25) is 0 Å². The maximum absolute atomic E-state index is 12.4. The summed E-state index contributed by atoms with van der Waals surface area (Å²) in [5.41, 5.74) is 1.81. The Labute approximate surface area is 170 Å². The molecule has 2 rings (SSSR count). The van der Waals surface area contributed by atoms with Crippen LogP contribution in [0.5, 0.6) is 0 Å². The van der Waals surface area contributed by atoms with Crippen LogP contribution in [-0.2, 0) is 11.3 Å². The molecule has 0 saturated carbocycles. The van der Waals surface area contributed by atoms with Crippen molar-refractivity contribution < 1.29 is 9.59 Å². The normalized spacial score (nSPS) is 10.3. The number of nitrogens with one attached hydrogen (secondary N) is 2. The lowest BCUT2D eigenvalue weighted by atomic mass is 10.1. The van der Waals surface area contributed by atoms with Gasteiger partial charge in [-0.05, 0) is 56.2 Å². The Morgan fingerprint density at radius 1 is 1.14 bits per heavy atom. The minimum Gasteiger partial charge on any atom is -0.352 e. The van der Waals surface area contributed by atoms with E-state index in [1.807, 2.05) is 6.07 Å². The Bertz CT molecular complexity index is 985. The van der Waals surface area contributed by atoms with E-state index in [4.69, 9.17) is 5.26 Å². The molecule has 2 aromatic rings. The van der Waals surface area contributed by atoms with Gasteiger partial charge in [0.25, 0.3) is 11.5 Å². The number of benzene rings is 1. The van der Waals surface area contributed by atoms with Gasteiger partial charge in [0.15, 0.2) is 0 Å². The molecule has 0 unspecified atom stereocenters. The topological polar surface area (TPSA) is 104 Å². The summed E-state index contributed by atoms with van der Waals surface area (Å²) in [6, 6.07) is 10.2. The number of carbonyl (C=O) groups excluding carboxylic acids is 2. The van der Waals surface area contributed by atoms with Crippen molar-refractivity contribution in [3.8, 4) is 6.07 Å². The molecule has 1 aromatic heterocycles. The lowest BCUT2D eigenvalue weighted by Gasteiger charge is -2.12. The molecule has 0 bridgehead atoms. The summed E-state index contributed by atoms with van der Waals surface area (Å²) in [4.78, 5) is 36.8. The summed E-state index contributed by atoms with van der Waals surface area (Å²) in [7, 11) is 0. The SMILES string of the molecule is CCCCCNC(=O)c1ccc(NC(=O)Cn2c(C)cc(C)c(C#N)c2=O)cc1. The highest BCUT2D eigenvalue weighted by molar-refractivity contribution is 5.95. The molecule has 152 valence electrons. The first-order valence-electron chi connectivity index (χ1n) is 9.66. The first-order valence-corrected chi connectivity index (χ1v) is 9.66. The summed E-state index contributed by atoms with van der Waals surface area (Å²) in [5.74, 6) is -0.537. The van der Waals surface area contributed by atoms with Crippen molar-refractivity contribution in [2.24, 2.45) is 0 Å². The van der Waals surface area contributed by atoms with Gasteiger partial charge in [0.1, 0.15) is 18.2 Å². The molecule has 0 radical (unpaired) electrons. The monoisotopic (exact) mass is 394 g/mol. The number of aromatic nitrogens is 1. The average Bonchev–Trinajstić information content (AvgIpc) is 2.69. The van der Waals surface area contributed by atoms with Crippen LogP contribution in [0.3, 0.4) is 0 Å². The van der Waals surface area contributed by atoms with Crippen molar-refractivity contribution in [1.82, 2.24) is 9.88 Å². The predicted molar refractivity (Wildman–Crippen MR) is 112 cm³/mol. The zero-order valence-electron chi connectivity index (χ0n) is 17.0. The van der Waals surface area contributed by atoms with E-state index in [1.54, 1.807) is 44.2 Å². The molecule has 0 aliphatic carbocycles. The van der Waals surface area contributed by atoms with Crippen molar-refractivity contribution in [2.75, 3.05) is 11.9 Å². The molecule has 29 heavy (non-hydrogen) atoms. The third-order valence-electron chi connectivity index (χ3n) is 4.61. The van der Waals surface area contributed by atoms with Crippen molar-refractivity contribution in [2.45, 2.75) is 46.6 Å². The Hall–Kier alpha value is -3.40. The van der Waals surface area contributed by atoms with Crippen molar-refractivity contribution >= 4 is 17.5 Å². The van der Waals surface area contributed by atoms with Crippen LogP contribution in [0.15, 0.2) is 35.1 Å². The fraction of sp³-hybridized carbons (Fsp3) is 0.364. The van der Waals surface area contributed by atoms with Crippen LogP contribution in [0, 0.1) is 25.2 Å². The number of pyridine rings is 1. The summed E-state index contributed by atoms with van der Waals surface area (Å²) in [6.45, 7) is 5.96. The van der Waals surface area contributed by atoms with Gasteiger partial charge in [0, 0.05) is 23.5 Å². The highest BCUT2D eigenvalue weighted by Gasteiger charge is 2.13. The number of nitriles is 1. The molecule has 0 aliphatic heterocycles. The molecule has 0 spiro atoms. The maximum Gasteiger partial charge on any atom is 0.269 e. The molecule has 1 aromatic carbocycles. The van der Waals surface area contributed by atoms with Gasteiger partial charge in [-0.3, -0.25) is 14.4 Å². The van der Waals surface area contributed by atoms with Crippen molar-refractivity contribution in [3.05, 3.63) is 63.1 Å². The largest absolute Gasteiger partial charge is 0.352 e. The Balaban J connectivity index is 2.01. The van der Waals surface area contributed by atoms with Gasteiger partial charge in [-0.2, -0.15) is 5.26 Å². The van der Waals surface area contributed by atoms with Gasteiger partial charge in [-0.25, -0.2) is 0 Å². The molecule has 7 nitrogen and oxygen atoms in total. The number of hydrogen-bond donors (Lipinski definition) is 2. The lowest BCUT2D eigenvalue weighted by Crippen LogP contribution is -2.31. The van der Waals surface area contributed by atoms with E-state index in [1.165, 1.54) is 4.57 Å². The van der Waals surface area contributed by atoms with Gasteiger partial charge in [0.2, 0.25) is 5.91 Å². The van der Waals surface area contributed by atoms with E-state index >= 15 is 0 Å². The second-order valence-electron chi connectivity index (χ2n) is 6.94. The minimum absolute atomic E-state index is 0.0395. The van der Waals surface area contributed by atoms with E-state index in [0.29, 0.717) is 29.1 Å². The number of anilines is 1. The van der Waals surface area contributed by atoms with Crippen molar-refractivity contribution in [1.29, 1.82) is 5.26 Å². The summed E-state index contributed by atoms with van der Waals surface area (Å²) in [6.07, 6.45) is 3.11. The van der Waals surface area contributed by atoms with E-state index in [9.17, 15) is 14.4 Å². The van der Waals surface area contributed by atoms with Crippen LogP contribution in [-0.4, -0.2) is 22.9 Å². The first kappa shape index (κ1) is 21.9. The maximum atomic E-state index is 12.4. The quantitative estimate of drug-likeness (QED) is 0.672. The number of carbonyl (C=O) groups is 2. The molecule has 0 atom stereocenters. The smallest absolute Gasteiger partial charge is 0.269 e. The van der Waals surface area contributed by atoms with Crippen LogP contribution in [0.25, 0.3) is 0 Å². The Morgan fingerprint density at radius 2 is 1.83 bits per heavy atom. The van der Waals surface area contributed by atoms with Crippen molar-refractivity contribution in [3.63, 3.8) is 0 Å². The lowest BCUT2D eigenvalue weighted by molar-refractivity contribution is -0.116. The fourth-order valence-corrected chi connectivity index (χ4v) is 2.99. The predicted octanol–water partition coefficient (Wildman–Crippen LogP) is 2.90. The molecule has 0 fully saturated rings. The number of amides is 2. The van der Waals surface area contributed by atoms with Crippen LogP contribution in [0.4, 0.5) is 5.69 Å². The molecule has 2 N–H and O–H groups in total. The molecule has 0 saturated heterocycles. The van der Waals surface area contributed by atoms with Gasteiger partial charge < -0.3 is 15.2 Å². The van der Waals surface area contributed by atoms with Gasteiger partial charge >= 0.3 is 0 Å². The second-order valence-corrected chi connectivity index (χ2v) is 6.94. The summed E-state index contributed by atoms with van der Waals surface area (Å²) < 4.78 is 1.28. The van der Waals surface area contributed by atoms with Gasteiger partial charge in [0.05, 0.1) is 0 Å². The zero-order chi connectivity index (χ0) is 21.4. The van der Waals surface area contributed by atoms with Gasteiger partial charge in [-0.15, -0.1) is 0 Å². The Morgan fingerprint density at radius 3 is 2.45 bits per heavy atom.